The molecule has 12 heavy (non-hydrogen) atoms. The van der Waals surface area contributed by atoms with Crippen LogP contribution in [-0.4, -0.2) is 11.9 Å². The summed E-state index contributed by atoms with van der Waals surface area (Å²) in [7, 11) is -2.01. The largest absolute Gasteiger partial charge is 0.367 e. The third-order valence-corrected chi connectivity index (χ3v) is 3.97. The van der Waals surface area contributed by atoms with Gasteiger partial charge in [-0.15, -0.1) is 0 Å². The van der Waals surface area contributed by atoms with Crippen LogP contribution in [0.15, 0.2) is 0 Å². The van der Waals surface area contributed by atoms with Crippen molar-refractivity contribution < 1.29 is 9.30 Å². The van der Waals surface area contributed by atoms with E-state index < -0.39 is 7.15 Å². The second-order valence-corrected chi connectivity index (χ2v) is 5.88. The number of hydrogen-bond donors (Lipinski definition) is 0. The van der Waals surface area contributed by atoms with E-state index in [0.29, 0.717) is 6.10 Å². The van der Waals surface area contributed by atoms with Crippen LogP contribution >= 0.6 is 18.4 Å². The van der Waals surface area contributed by atoms with E-state index in [1.165, 1.54) is 19.3 Å². The van der Waals surface area contributed by atoms with Crippen molar-refractivity contribution in [1.29, 1.82) is 0 Å². The maximum Gasteiger partial charge on any atom is 0.185 e. The summed E-state index contributed by atoms with van der Waals surface area (Å²) in [6, 6.07) is 0. The van der Waals surface area contributed by atoms with Crippen LogP contribution in [-0.2, 0) is 9.30 Å². The van der Waals surface area contributed by atoms with Crippen LogP contribution in [0.2, 0.25) is 0 Å². The van der Waals surface area contributed by atoms with E-state index in [4.69, 9.17) is 16.0 Å². The van der Waals surface area contributed by atoms with E-state index in [9.17, 15) is 4.57 Å². The van der Waals surface area contributed by atoms with Crippen LogP contribution in [0, 0.1) is 0 Å². The minimum Gasteiger partial charge on any atom is -0.367 e. The first-order valence-electron chi connectivity index (χ1n) is 4.55. The summed E-state index contributed by atoms with van der Waals surface area (Å²) in [5, 5.41) is 0. The zero-order chi connectivity index (χ0) is 8.97. The van der Waals surface area contributed by atoms with Crippen molar-refractivity contribution >= 4 is 18.4 Å². The normalized spacial score (nSPS) is 25.2. The number of hydrogen-bond acceptors (Lipinski definition) is 2. The summed E-state index contributed by atoms with van der Waals surface area (Å²) in [6.45, 7) is 1.79. The third kappa shape index (κ3) is 3.47. The Balaban J connectivity index is 2.24. The lowest BCUT2D eigenvalue weighted by Gasteiger charge is -2.24. The number of rotatable bonds is 3. The molecular weight excluding hydrogens is 195 g/mol. The Labute approximate surface area is 79.2 Å². The quantitative estimate of drug-likeness (QED) is 0.668. The Bertz CT molecular complexity index is 157. The molecule has 2 unspecified atom stereocenters. The van der Waals surface area contributed by atoms with Crippen molar-refractivity contribution in [2.45, 2.75) is 51.0 Å². The van der Waals surface area contributed by atoms with Crippen LogP contribution in [0.25, 0.3) is 0 Å². The highest BCUT2D eigenvalue weighted by atomic mass is 35.7. The fourth-order valence-electron chi connectivity index (χ4n) is 1.54. The Kier molecular flexibility index (Phi) is 4.63. The van der Waals surface area contributed by atoms with E-state index in [1.54, 1.807) is 6.92 Å². The highest BCUT2D eigenvalue weighted by Crippen LogP contribution is 2.36. The average Bonchev–Trinajstić information content (AvgIpc) is 2.06. The first-order valence-corrected chi connectivity index (χ1v) is 7.04. The summed E-state index contributed by atoms with van der Waals surface area (Å²) in [4.78, 5) is 0. The lowest BCUT2D eigenvalue weighted by molar-refractivity contribution is 0.0170. The number of halogens is 1. The van der Waals surface area contributed by atoms with Gasteiger partial charge in [0.05, 0.1) is 6.10 Å². The molecule has 0 aromatic rings. The molecule has 0 aromatic carbocycles. The van der Waals surface area contributed by atoms with Crippen molar-refractivity contribution in [2.75, 3.05) is 0 Å². The van der Waals surface area contributed by atoms with E-state index in [1.807, 2.05) is 0 Å². The highest BCUT2D eigenvalue weighted by Gasteiger charge is 2.18. The summed E-state index contributed by atoms with van der Waals surface area (Å²) in [5.74, 6) is -0.250. The summed E-state index contributed by atoms with van der Waals surface area (Å²) >= 11 is 5.47. The molecule has 2 nitrogen and oxygen atoms in total. The smallest absolute Gasteiger partial charge is 0.185 e. The van der Waals surface area contributed by atoms with Gasteiger partial charge in [-0.1, -0.05) is 30.5 Å². The van der Waals surface area contributed by atoms with Gasteiger partial charge in [-0.25, -0.2) is 0 Å². The SMILES string of the molecule is CC(OC1CCCCC1)[PH](=O)Cl. The minimum absolute atomic E-state index is 0.250. The predicted molar refractivity (Wildman–Crippen MR) is 52.3 cm³/mol. The second kappa shape index (κ2) is 5.26. The fraction of sp³-hybridized carbons (Fsp3) is 1.00. The Hall–Kier alpha value is 0.480. The van der Waals surface area contributed by atoms with Gasteiger partial charge < -0.3 is 9.30 Å². The third-order valence-electron chi connectivity index (χ3n) is 2.27. The maximum atomic E-state index is 10.8. The molecule has 0 N–H and O–H groups in total. The van der Waals surface area contributed by atoms with Gasteiger partial charge in [-0.2, -0.15) is 0 Å². The molecule has 0 spiro atoms. The molecule has 72 valence electrons. The van der Waals surface area contributed by atoms with E-state index in [-0.39, 0.29) is 5.85 Å². The van der Waals surface area contributed by atoms with Crippen molar-refractivity contribution in [1.82, 2.24) is 0 Å². The summed E-state index contributed by atoms with van der Waals surface area (Å²) < 4.78 is 16.4. The molecule has 4 heteroatoms. The highest BCUT2D eigenvalue weighted by molar-refractivity contribution is 7.74. The molecule has 0 radical (unpaired) electrons. The van der Waals surface area contributed by atoms with Crippen molar-refractivity contribution in [3.05, 3.63) is 0 Å². The average molecular weight is 211 g/mol. The predicted octanol–water partition coefficient (Wildman–Crippen LogP) is 3.40. The summed E-state index contributed by atoms with van der Waals surface area (Å²) in [6.07, 6.45) is 6.31. The van der Waals surface area contributed by atoms with Gasteiger partial charge in [0.2, 0.25) is 0 Å². The van der Waals surface area contributed by atoms with Gasteiger partial charge in [0.25, 0.3) is 0 Å². The molecule has 0 amide bonds. The zero-order valence-corrected chi connectivity index (χ0v) is 9.14. The van der Waals surface area contributed by atoms with Gasteiger partial charge >= 0.3 is 0 Å². The van der Waals surface area contributed by atoms with E-state index in [0.717, 1.165) is 12.8 Å². The van der Waals surface area contributed by atoms with Gasteiger partial charge in [0.1, 0.15) is 5.85 Å². The maximum absolute atomic E-state index is 10.8. The molecule has 0 aliphatic heterocycles. The van der Waals surface area contributed by atoms with E-state index >= 15 is 0 Å². The Morgan fingerprint density at radius 3 is 2.50 bits per heavy atom. The molecule has 0 bridgehead atoms. The van der Waals surface area contributed by atoms with Gasteiger partial charge in [0, 0.05) is 0 Å². The Morgan fingerprint density at radius 2 is 2.00 bits per heavy atom. The molecule has 1 aliphatic carbocycles. The monoisotopic (exact) mass is 210 g/mol. The van der Waals surface area contributed by atoms with E-state index in [2.05, 4.69) is 0 Å². The van der Waals surface area contributed by atoms with Crippen LogP contribution in [0.4, 0.5) is 0 Å². The molecular formula is C8H16ClO2P. The van der Waals surface area contributed by atoms with Crippen LogP contribution in [0.5, 0.6) is 0 Å². The summed E-state index contributed by atoms with van der Waals surface area (Å²) in [5.41, 5.74) is 0. The topological polar surface area (TPSA) is 26.3 Å². The van der Waals surface area contributed by atoms with Gasteiger partial charge in [-0.05, 0) is 19.8 Å². The fourth-order valence-corrected chi connectivity index (χ4v) is 2.00. The van der Waals surface area contributed by atoms with Crippen molar-refractivity contribution in [2.24, 2.45) is 0 Å². The zero-order valence-electron chi connectivity index (χ0n) is 7.38. The van der Waals surface area contributed by atoms with Crippen LogP contribution < -0.4 is 0 Å². The van der Waals surface area contributed by atoms with Crippen molar-refractivity contribution in [3.63, 3.8) is 0 Å². The Morgan fingerprint density at radius 1 is 1.42 bits per heavy atom. The van der Waals surface area contributed by atoms with Crippen molar-refractivity contribution in [3.8, 4) is 0 Å². The molecule has 1 fully saturated rings. The van der Waals surface area contributed by atoms with Gasteiger partial charge in [0.15, 0.2) is 7.15 Å². The standard InChI is InChI=1S/C8H16ClO2P/c1-7(12(9)10)11-8-5-3-2-4-6-8/h7-8,12H,2-6H2,1H3. The van der Waals surface area contributed by atoms with Gasteiger partial charge in [-0.3, -0.25) is 0 Å². The number of ether oxygens (including phenoxy) is 1. The molecule has 2 atom stereocenters. The minimum atomic E-state index is -2.01. The molecule has 0 aromatic heterocycles. The molecule has 1 saturated carbocycles. The molecule has 1 aliphatic rings. The first-order chi connectivity index (χ1) is 5.70. The van der Waals surface area contributed by atoms with Crippen LogP contribution in [0.1, 0.15) is 39.0 Å². The van der Waals surface area contributed by atoms with Crippen LogP contribution in [0.3, 0.4) is 0 Å². The lowest BCUT2D eigenvalue weighted by atomic mass is 9.98. The second-order valence-electron chi connectivity index (χ2n) is 3.34. The molecule has 0 heterocycles. The first kappa shape index (κ1) is 10.6. The molecule has 0 saturated heterocycles. The lowest BCUT2D eigenvalue weighted by Crippen LogP contribution is -2.19. The molecule has 1 rings (SSSR count).